The fourth-order valence-corrected chi connectivity index (χ4v) is 1.66. The Labute approximate surface area is 103 Å². The minimum atomic E-state index is 0. The van der Waals surface area contributed by atoms with Gasteiger partial charge in [0.25, 0.3) is 0 Å². The molecule has 15 heavy (non-hydrogen) atoms. The summed E-state index contributed by atoms with van der Waals surface area (Å²) in [6, 6.07) is 4.09. The van der Waals surface area contributed by atoms with Gasteiger partial charge in [-0.25, -0.2) is 0 Å². The number of halogens is 2. The van der Waals surface area contributed by atoms with Gasteiger partial charge in [-0.1, -0.05) is 0 Å². The molecular formula is C10H18Cl2N2O. The summed E-state index contributed by atoms with van der Waals surface area (Å²) in [5.74, 6) is 2.09. The number of furan rings is 1. The Bertz CT molecular complexity index is 272. The van der Waals surface area contributed by atoms with Gasteiger partial charge >= 0.3 is 0 Å². The third-order valence-electron chi connectivity index (χ3n) is 2.39. The van der Waals surface area contributed by atoms with Gasteiger partial charge in [0.15, 0.2) is 0 Å². The average molecular weight is 253 g/mol. The summed E-state index contributed by atoms with van der Waals surface area (Å²) in [4.78, 5) is 2.41. The third kappa shape index (κ3) is 4.43. The van der Waals surface area contributed by atoms with Crippen molar-refractivity contribution in [3.05, 3.63) is 23.7 Å². The molecule has 0 amide bonds. The molecule has 0 unspecified atom stereocenters. The molecule has 0 atom stereocenters. The maximum atomic E-state index is 5.52. The minimum Gasteiger partial charge on any atom is -0.465 e. The first kappa shape index (κ1) is 14.8. The van der Waals surface area contributed by atoms with Crippen LogP contribution < -0.4 is 5.32 Å². The van der Waals surface area contributed by atoms with E-state index in [2.05, 4.69) is 16.3 Å². The molecule has 1 N–H and O–H groups in total. The van der Waals surface area contributed by atoms with Crippen LogP contribution in [0.15, 0.2) is 16.5 Å². The van der Waals surface area contributed by atoms with Crippen molar-refractivity contribution in [2.75, 3.05) is 26.2 Å². The molecule has 2 heterocycles. The summed E-state index contributed by atoms with van der Waals surface area (Å²) in [5, 5.41) is 3.33. The van der Waals surface area contributed by atoms with Crippen LogP contribution >= 0.6 is 24.8 Å². The number of aryl methyl sites for hydroxylation is 1. The first-order valence-electron chi connectivity index (χ1n) is 4.83. The zero-order valence-electron chi connectivity index (χ0n) is 8.86. The lowest BCUT2D eigenvalue weighted by molar-refractivity contribution is 0.215. The van der Waals surface area contributed by atoms with E-state index < -0.39 is 0 Å². The molecule has 0 radical (unpaired) electrons. The summed E-state index contributed by atoms with van der Waals surface area (Å²) >= 11 is 0. The molecule has 1 saturated heterocycles. The average Bonchev–Trinajstić information content (AvgIpc) is 2.53. The lowest BCUT2D eigenvalue weighted by Gasteiger charge is -2.26. The zero-order chi connectivity index (χ0) is 9.10. The molecule has 1 aromatic heterocycles. The first-order chi connectivity index (χ1) is 6.34. The molecule has 0 saturated carbocycles. The Morgan fingerprint density at radius 3 is 2.47 bits per heavy atom. The normalized spacial score (nSPS) is 16.6. The van der Waals surface area contributed by atoms with Gasteiger partial charge in [-0.2, -0.15) is 0 Å². The van der Waals surface area contributed by atoms with E-state index in [0.717, 1.165) is 44.2 Å². The van der Waals surface area contributed by atoms with Gasteiger partial charge in [0, 0.05) is 26.2 Å². The topological polar surface area (TPSA) is 28.4 Å². The lowest BCUT2D eigenvalue weighted by atomic mass is 10.3. The van der Waals surface area contributed by atoms with Gasteiger partial charge < -0.3 is 9.73 Å². The Balaban J connectivity index is 0.000000980. The SMILES string of the molecule is Cc1ccc(CN2CCNCC2)o1.Cl.Cl. The predicted molar refractivity (Wildman–Crippen MR) is 66.1 cm³/mol. The smallest absolute Gasteiger partial charge is 0.118 e. The second-order valence-electron chi connectivity index (χ2n) is 3.54. The van der Waals surface area contributed by atoms with Gasteiger partial charge in [0.2, 0.25) is 0 Å². The van der Waals surface area contributed by atoms with E-state index >= 15 is 0 Å². The van der Waals surface area contributed by atoms with Crippen LogP contribution in [0.2, 0.25) is 0 Å². The Morgan fingerprint density at radius 1 is 1.27 bits per heavy atom. The summed E-state index contributed by atoms with van der Waals surface area (Å²) in [5.41, 5.74) is 0. The van der Waals surface area contributed by atoms with Crippen LogP contribution in [-0.2, 0) is 6.54 Å². The molecule has 1 aliphatic rings. The number of hydrogen-bond acceptors (Lipinski definition) is 3. The van der Waals surface area contributed by atoms with E-state index in [4.69, 9.17) is 4.42 Å². The van der Waals surface area contributed by atoms with Crippen LogP contribution in [0.25, 0.3) is 0 Å². The number of nitrogens with one attached hydrogen (secondary N) is 1. The van der Waals surface area contributed by atoms with Crippen molar-refractivity contribution >= 4 is 24.8 Å². The molecule has 1 aliphatic heterocycles. The number of rotatable bonds is 2. The van der Waals surface area contributed by atoms with Gasteiger partial charge in [-0.3, -0.25) is 4.90 Å². The fourth-order valence-electron chi connectivity index (χ4n) is 1.66. The second-order valence-corrected chi connectivity index (χ2v) is 3.54. The molecule has 5 heteroatoms. The molecule has 0 aromatic carbocycles. The Kier molecular flexibility index (Phi) is 7.02. The van der Waals surface area contributed by atoms with Gasteiger partial charge in [-0.05, 0) is 19.1 Å². The van der Waals surface area contributed by atoms with Crippen LogP contribution in [0.5, 0.6) is 0 Å². The molecule has 88 valence electrons. The molecule has 0 bridgehead atoms. The van der Waals surface area contributed by atoms with Crippen molar-refractivity contribution in [1.82, 2.24) is 10.2 Å². The van der Waals surface area contributed by atoms with Gasteiger partial charge in [0.05, 0.1) is 6.54 Å². The van der Waals surface area contributed by atoms with Crippen LogP contribution in [0.1, 0.15) is 11.5 Å². The standard InChI is InChI=1S/C10H16N2O.2ClH/c1-9-2-3-10(13-9)8-12-6-4-11-5-7-12;;/h2-3,11H,4-8H2,1H3;2*1H. The van der Waals surface area contributed by atoms with E-state index in [9.17, 15) is 0 Å². The summed E-state index contributed by atoms with van der Waals surface area (Å²) in [6.07, 6.45) is 0. The number of hydrogen-bond donors (Lipinski definition) is 1. The maximum absolute atomic E-state index is 5.52. The van der Waals surface area contributed by atoms with Crippen molar-refractivity contribution in [2.45, 2.75) is 13.5 Å². The third-order valence-corrected chi connectivity index (χ3v) is 2.39. The monoisotopic (exact) mass is 252 g/mol. The summed E-state index contributed by atoms with van der Waals surface area (Å²) in [7, 11) is 0. The summed E-state index contributed by atoms with van der Waals surface area (Å²) < 4.78 is 5.52. The highest BCUT2D eigenvalue weighted by Crippen LogP contribution is 2.09. The maximum Gasteiger partial charge on any atom is 0.118 e. The largest absolute Gasteiger partial charge is 0.465 e. The van der Waals surface area contributed by atoms with E-state index in [1.165, 1.54) is 0 Å². The highest BCUT2D eigenvalue weighted by atomic mass is 35.5. The molecule has 2 rings (SSSR count). The Hall–Kier alpha value is -0.220. The quantitative estimate of drug-likeness (QED) is 0.871. The van der Waals surface area contributed by atoms with Crippen LogP contribution in [0.3, 0.4) is 0 Å². The van der Waals surface area contributed by atoms with Gasteiger partial charge in [0.1, 0.15) is 11.5 Å². The Morgan fingerprint density at radius 2 is 1.93 bits per heavy atom. The molecule has 0 spiro atoms. The second kappa shape index (κ2) is 7.12. The van der Waals surface area contributed by atoms with E-state index in [1.54, 1.807) is 0 Å². The van der Waals surface area contributed by atoms with Crippen molar-refractivity contribution in [3.63, 3.8) is 0 Å². The zero-order valence-corrected chi connectivity index (χ0v) is 10.5. The molecule has 1 fully saturated rings. The number of nitrogens with zero attached hydrogens (tertiary/aromatic N) is 1. The van der Waals surface area contributed by atoms with Crippen LogP contribution in [0, 0.1) is 6.92 Å². The highest BCUT2D eigenvalue weighted by Gasteiger charge is 2.11. The molecule has 1 aromatic rings. The fraction of sp³-hybridized carbons (Fsp3) is 0.600. The number of piperazine rings is 1. The van der Waals surface area contributed by atoms with E-state index in [0.29, 0.717) is 0 Å². The minimum absolute atomic E-state index is 0. The van der Waals surface area contributed by atoms with Crippen molar-refractivity contribution in [3.8, 4) is 0 Å². The highest BCUT2D eigenvalue weighted by molar-refractivity contribution is 5.85. The lowest BCUT2D eigenvalue weighted by Crippen LogP contribution is -2.42. The van der Waals surface area contributed by atoms with Crippen molar-refractivity contribution in [1.29, 1.82) is 0 Å². The molecule has 3 nitrogen and oxygen atoms in total. The van der Waals surface area contributed by atoms with E-state index in [-0.39, 0.29) is 24.8 Å². The predicted octanol–water partition coefficient (Wildman–Crippen LogP) is 1.84. The molecular weight excluding hydrogens is 235 g/mol. The van der Waals surface area contributed by atoms with Gasteiger partial charge in [-0.15, -0.1) is 24.8 Å². The summed E-state index contributed by atoms with van der Waals surface area (Å²) in [6.45, 7) is 7.38. The van der Waals surface area contributed by atoms with E-state index in [1.807, 2.05) is 13.0 Å². The first-order valence-corrected chi connectivity index (χ1v) is 4.83. The molecule has 0 aliphatic carbocycles. The van der Waals surface area contributed by atoms with Crippen LogP contribution in [-0.4, -0.2) is 31.1 Å². The van der Waals surface area contributed by atoms with Crippen molar-refractivity contribution in [2.24, 2.45) is 0 Å². The van der Waals surface area contributed by atoms with Crippen LogP contribution in [0.4, 0.5) is 0 Å². The van der Waals surface area contributed by atoms with Crippen molar-refractivity contribution < 1.29 is 4.42 Å².